The predicted octanol–water partition coefficient (Wildman–Crippen LogP) is 15.5. The third-order valence-electron chi connectivity index (χ3n) is 13.2. The van der Waals surface area contributed by atoms with Crippen LogP contribution in [0.3, 0.4) is 0 Å². The lowest BCUT2D eigenvalue weighted by Crippen LogP contribution is -2.28. The van der Waals surface area contributed by atoms with E-state index in [0.717, 1.165) is 29.0 Å². The van der Waals surface area contributed by atoms with E-state index in [1.165, 1.54) is 88.0 Å². The van der Waals surface area contributed by atoms with Crippen LogP contribution in [0.5, 0.6) is 0 Å². The first-order valence-electron chi connectivity index (χ1n) is 21.6. The molecule has 1 aliphatic heterocycles. The van der Waals surface area contributed by atoms with Gasteiger partial charge in [0.15, 0.2) is 0 Å². The maximum Gasteiger partial charge on any atom is 0.0713 e. The molecule has 0 bridgehead atoms. The maximum absolute atomic E-state index is 5.44. The molecule has 0 amide bonds. The fraction of sp³-hybridized carbons (Fsp3) is 0.0328. The molecule has 10 aromatic carbocycles. The van der Waals surface area contributed by atoms with Gasteiger partial charge in [0.1, 0.15) is 0 Å². The van der Waals surface area contributed by atoms with Gasteiger partial charge in [-0.1, -0.05) is 218 Å². The lowest BCUT2D eigenvalue weighted by Gasteiger charge is -2.33. The highest BCUT2D eigenvalue weighted by Crippen LogP contribution is 2.57. The number of benzene rings is 10. The van der Waals surface area contributed by atoms with E-state index in [4.69, 9.17) is 4.99 Å². The van der Waals surface area contributed by atoms with Gasteiger partial charge in [-0.3, -0.25) is 4.99 Å². The molecule has 290 valence electrons. The average molecular weight is 788 g/mol. The number of hydrogen-bond acceptors (Lipinski definition) is 1. The Morgan fingerprint density at radius 2 is 0.903 bits per heavy atom. The van der Waals surface area contributed by atoms with Gasteiger partial charge >= 0.3 is 0 Å². The predicted molar refractivity (Wildman–Crippen MR) is 262 cm³/mol. The summed E-state index contributed by atoms with van der Waals surface area (Å²) in [6, 6.07) is 82.4. The second-order valence-electron chi connectivity index (χ2n) is 16.5. The zero-order valence-electron chi connectivity index (χ0n) is 34.2. The van der Waals surface area contributed by atoms with Gasteiger partial charge in [-0.25, -0.2) is 0 Å². The third kappa shape index (κ3) is 5.66. The number of hydrogen-bond donors (Lipinski definition) is 0. The molecule has 0 aromatic heterocycles. The van der Waals surface area contributed by atoms with Crippen molar-refractivity contribution in [3.63, 3.8) is 0 Å². The van der Waals surface area contributed by atoms with E-state index in [9.17, 15) is 0 Å². The van der Waals surface area contributed by atoms with E-state index in [-0.39, 0.29) is 0 Å². The number of rotatable bonds is 6. The summed E-state index contributed by atoms with van der Waals surface area (Å²) in [6.45, 7) is 0. The van der Waals surface area contributed by atoms with Gasteiger partial charge in [-0.05, 0) is 112 Å². The van der Waals surface area contributed by atoms with Crippen LogP contribution in [0, 0.1) is 0 Å². The molecule has 0 saturated heterocycles. The van der Waals surface area contributed by atoms with Crippen molar-refractivity contribution in [3.8, 4) is 22.3 Å². The summed E-state index contributed by atoms with van der Waals surface area (Å²) in [7, 11) is 0. The van der Waals surface area contributed by atoms with Gasteiger partial charge < -0.3 is 0 Å². The number of allylic oxidation sites excluding steroid dienone is 3. The first-order chi connectivity index (χ1) is 30.8. The largest absolute Gasteiger partial charge is 0.252 e. The molecule has 12 rings (SSSR count). The van der Waals surface area contributed by atoms with Crippen LogP contribution in [-0.4, -0.2) is 5.71 Å². The van der Waals surface area contributed by atoms with E-state index < -0.39 is 5.41 Å². The van der Waals surface area contributed by atoms with Crippen LogP contribution in [-0.2, 0) is 5.41 Å². The summed E-state index contributed by atoms with van der Waals surface area (Å²) in [4.78, 5) is 5.44. The average Bonchev–Trinajstić information content (AvgIpc) is 3.46. The summed E-state index contributed by atoms with van der Waals surface area (Å²) < 4.78 is 0. The Labute approximate surface area is 362 Å². The molecule has 1 heterocycles. The zero-order chi connectivity index (χ0) is 41.0. The van der Waals surface area contributed by atoms with Gasteiger partial charge in [0.25, 0.3) is 0 Å². The van der Waals surface area contributed by atoms with Crippen molar-refractivity contribution in [1.29, 1.82) is 0 Å². The molecule has 0 radical (unpaired) electrons. The number of aliphatic imine (C=N–C) groups is 1. The molecule has 1 heteroatoms. The Bertz CT molecular complexity index is 3410. The lowest BCUT2D eigenvalue weighted by atomic mass is 9.67. The molecule has 2 aliphatic rings. The highest BCUT2D eigenvalue weighted by atomic mass is 14.8. The minimum Gasteiger partial charge on any atom is -0.252 e. The van der Waals surface area contributed by atoms with Crippen LogP contribution in [0.15, 0.2) is 242 Å². The molecule has 1 nitrogen and oxygen atoms in total. The van der Waals surface area contributed by atoms with Crippen molar-refractivity contribution in [2.45, 2.75) is 11.8 Å². The Morgan fingerprint density at radius 3 is 1.63 bits per heavy atom. The highest BCUT2D eigenvalue weighted by molar-refractivity contribution is 6.29. The number of nitrogens with zero attached hydrogens (tertiary/aromatic N) is 1. The van der Waals surface area contributed by atoms with Crippen LogP contribution in [0.25, 0.3) is 65.8 Å². The summed E-state index contributed by atoms with van der Waals surface area (Å²) in [5, 5.41) is 7.53. The first kappa shape index (κ1) is 36.0. The standard InChI is InChI=1S/C61H41N/c1-5-18-41(19-6-1)43-34-37-58(62-59(40-43)42-20-7-2-8-21-42)45-32-35-53-54(39-45)50-27-14-13-26-49(50)52-30-17-29-48(60(52)53)44-33-36-57-55(38-44)51-28-15-16-31-56(51)61(57,46-22-9-3-10-23-46)47-24-11-4-12-25-47/h1-36,38-40H,37H2. The zero-order valence-corrected chi connectivity index (χ0v) is 34.2. The molecule has 10 aromatic rings. The quantitative estimate of drug-likeness (QED) is 0.149. The van der Waals surface area contributed by atoms with Gasteiger partial charge in [0.2, 0.25) is 0 Å². The maximum atomic E-state index is 5.44. The molecular weight excluding hydrogens is 747 g/mol. The molecule has 0 N–H and O–H groups in total. The molecule has 1 aliphatic carbocycles. The Hall–Kier alpha value is -7.87. The molecule has 0 spiro atoms. The van der Waals surface area contributed by atoms with E-state index in [1.807, 2.05) is 0 Å². The van der Waals surface area contributed by atoms with Crippen molar-refractivity contribution in [2.75, 3.05) is 0 Å². The van der Waals surface area contributed by atoms with Gasteiger partial charge in [0, 0.05) is 12.0 Å². The fourth-order valence-corrected chi connectivity index (χ4v) is 10.4. The SMILES string of the molecule is C1=C(c2ccccc2)C=C(c2ccccc2)N=C(c2ccc3c(c2)c2ccccc2c2cccc(-c4ccc5c(c4)-c4ccccc4C5(c4ccccc4)c4ccccc4)c23)C1. The molecular formula is C61H41N. The summed E-state index contributed by atoms with van der Waals surface area (Å²) >= 11 is 0. The third-order valence-corrected chi connectivity index (χ3v) is 13.2. The molecule has 62 heavy (non-hydrogen) atoms. The van der Waals surface area contributed by atoms with E-state index >= 15 is 0 Å². The Kier molecular flexibility index (Phi) is 8.54. The molecule has 0 unspecified atom stereocenters. The Morgan fingerprint density at radius 1 is 0.355 bits per heavy atom. The smallest absolute Gasteiger partial charge is 0.0713 e. The van der Waals surface area contributed by atoms with Crippen molar-refractivity contribution in [3.05, 3.63) is 276 Å². The van der Waals surface area contributed by atoms with E-state index in [1.54, 1.807) is 0 Å². The monoisotopic (exact) mass is 787 g/mol. The van der Waals surface area contributed by atoms with Crippen LogP contribution in [0.1, 0.15) is 45.4 Å². The van der Waals surface area contributed by atoms with Gasteiger partial charge in [-0.15, -0.1) is 0 Å². The molecule has 0 saturated carbocycles. The Balaban J connectivity index is 1.06. The van der Waals surface area contributed by atoms with Crippen molar-refractivity contribution < 1.29 is 0 Å². The minimum absolute atomic E-state index is 0.432. The van der Waals surface area contributed by atoms with E-state index in [0.29, 0.717) is 0 Å². The highest BCUT2D eigenvalue weighted by Gasteiger charge is 2.46. The van der Waals surface area contributed by atoms with Crippen molar-refractivity contribution in [2.24, 2.45) is 4.99 Å². The molecule has 0 fully saturated rings. The topological polar surface area (TPSA) is 12.4 Å². The first-order valence-corrected chi connectivity index (χ1v) is 21.6. The second-order valence-corrected chi connectivity index (χ2v) is 16.5. The van der Waals surface area contributed by atoms with Crippen molar-refractivity contribution in [1.82, 2.24) is 0 Å². The second kappa shape index (κ2) is 14.7. The van der Waals surface area contributed by atoms with Crippen LogP contribution >= 0.6 is 0 Å². The summed E-state index contributed by atoms with van der Waals surface area (Å²) in [5.74, 6) is 0. The number of fused-ring (bicyclic) bond motifs is 9. The summed E-state index contributed by atoms with van der Waals surface area (Å²) in [6.07, 6.45) is 5.30. The fourth-order valence-electron chi connectivity index (χ4n) is 10.4. The molecule has 0 atom stereocenters. The van der Waals surface area contributed by atoms with Crippen LogP contribution < -0.4 is 0 Å². The van der Waals surface area contributed by atoms with Gasteiger partial charge in [-0.2, -0.15) is 0 Å². The van der Waals surface area contributed by atoms with Crippen LogP contribution in [0.2, 0.25) is 0 Å². The normalized spacial score (nSPS) is 14.2. The van der Waals surface area contributed by atoms with Crippen molar-refractivity contribution >= 4 is 49.3 Å². The van der Waals surface area contributed by atoms with E-state index in [2.05, 4.69) is 237 Å². The van der Waals surface area contributed by atoms with Crippen LogP contribution in [0.4, 0.5) is 0 Å². The lowest BCUT2D eigenvalue weighted by molar-refractivity contribution is 0.768. The minimum atomic E-state index is -0.432. The van der Waals surface area contributed by atoms with Gasteiger partial charge in [0.05, 0.1) is 16.8 Å². The summed E-state index contributed by atoms with van der Waals surface area (Å²) in [5.41, 5.74) is 16.4.